The fourth-order valence-corrected chi connectivity index (χ4v) is 3.82. The highest BCUT2D eigenvalue weighted by molar-refractivity contribution is 5.78. The van der Waals surface area contributed by atoms with Crippen LogP contribution in [-0.4, -0.2) is 67.7 Å². The molecule has 1 aromatic rings. The van der Waals surface area contributed by atoms with Gasteiger partial charge in [0.05, 0.1) is 19.1 Å². The Morgan fingerprint density at radius 2 is 1.93 bits per heavy atom. The maximum absolute atomic E-state index is 12.3. The summed E-state index contributed by atoms with van der Waals surface area (Å²) in [6.45, 7) is 7.88. The van der Waals surface area contributed by atoms with E-state index in [0.717, 1.165) is 57.8 Å². The first-order valence-corrected chi connectivity index (χ1v) is 11.0. The van der Waals surface area contributed by atoms with Crippen LogP contribution in [0.1, 0.15) is 43.7 Å². The van der Waals surface area contributed by atoms with Gasteiger partial charge in [-0.25, -0.2) is 0 Å². The molecule has 2 aliphatic heterocycles. The van der Waals surface area contributed by atoms with Crippen LogP contribution in [0.3, 0.4) is 0 Å². The summed E-state index contributed by atoms with van der Waals surface area (Å²) in [7, 11) is 0. The highest BCUT2D eigenvalue weighted by atomic mass is 16.5. The van der Waals surface area contributed by atoms with Crippen molar-refractivity contribution < 1.29 is 19.1 Å². The Morgan fingerprint density at radius 3 is 2.67 bits per heavy atom. The molecule has 0 unspecified atom stereocenters. The van der Waals surface area contributed by atoms with Crippen molar-refractivity contribution in [2.24, 2.45) is 5.92 Å². The van der Waals surface area contributed by atoms with Crippen molar-refractivity contribution in [3.05, 3.63) is 35.4 Å². The van der Waals surface area contributed by atoms with Gasteiger partial charge >= 0.3 is 5.97 Å². The number of benzene rings is 1. The minimum atomic E-state index is -0.210. The number of carbonyl (C=O) groups is 2. The van der Waals surface area contributed by atoms with Crippen LogP contribution >= 0.6 is 0 Å². The number of hydrogen-bond donors (Lipinski definition) is 0. The van der Waals surface area contributed by atoms with E-state index < -0.39 is 0 Å². The SMILES string of the molecule is CCC(=O)N1CCC[C@H](C(=O)OCCC#Cc2ccc(CN3CCOCC3)cc2)C1. The molecule has 1 amide bonds. The molecule has 2 heterocycles. The third-order valence-corrected chi connectivity index (χ3v) is 5.58. The number of amides is 1. The van der Waals surface area contributed by atoms with Gasteiger partial charge in [-0.1, -0.05) is 30.9 Å². The number of ether oxygens (including phenoxy) is 2. The Morgan fingerprint density at radius 1 is 1.17 bits per heavy atom. The van der Waals surface area contributed by atoms with Gasteiger partial charge in [-0.3, -0.25) is 14.5 Å². The van der Waals surface area contributed by atoms with Gasteiger partial charge in [-0.15, -0.1) is 0 Å². The number of hydrogen-bond acceptors (Lipinski definition) is 5. The van der Waals surface area contributed by atoms with Crippen LogP contribution in [-0.2, 0) is 25.6 Å². The molecule has 3 rings (SSSR count). The van der Waals surface area contributed by atoms with Crippen molar-refractivity contribution in [1.29, 1.82) is 0 Å². The van der Waals surface area contributed by atoms with Gasteiger partial charge in [-0.2, -0.15) is 0 Å². The number of esters is 1. The third kappa shape index (κ3) is 6.86. The maximum atomic E-state index is 12.3. The average molecular weight is 413 g/mol. The molecule has 0 aromatic heterocycles. The molecule has 6 nitrogen and oxygen atoms in total. The second-order valence-corrected chi connectivity index (χ2v) is 7.84. The summed E-state index contributed by atoms with van der Waals surface area (Å²) < 4.78 is 10.8. The average Bonchev–Trinajstić information content (AvgIpc) is 2.80. The summed E-state index contributed by atoms with van der Waals surface area (Å²) in [6.07, 6.45) is 2.62. The molecular weight excluding hydrogens is 380 g/mol. The zero-order valence-corrected chi connectivity index (χ0v) is 17.9. The lowest BCUT2D eigenvalue weighted by Gasteiger charge is -2.31. The van der Waals surface area contributed by atoms with Gasteiger partial charge in [0.15, 0.2) is 0 Å². The van der Waals surface area contributed by atoms with Crippen molar-refractivity contribution >= 4 is 11.9 Å². The highest BCUT2D eigenvalue weighted by Crippen LogP contribution is 2.18. The first-order valence-electron chi connectivity index (χ1n) is 11.0. The monoisotopic (exact) mass is 412 g/mol. The number of rotatable bonds is 6. The first-order chi connectivity index (χ1) is 14.7. The van der Waals surface area contributed by atoms with E-state index in [1.807, 2.05) is 19.1 Å². The molecule has 2 fully saturated rings. The third-order valence-electron chi connectivity index (χ3n) is 5.58. The molecule has 0 aliphatic carbocycles. The number of piperidine rings is 1. The van der Waals surface area contributed by atoms with Crippen molar-refractivity contribution in [3.63, 3.8) is 0 Å². The molecule has 6 heteroatoms. The van der Waals surface area contributed by atoms with E-state index in [0.29, 0.717) is 26.0 Å². The molecule has 0 saturated carbocycles. The minimum Gasteiger partial charge on any atom is -0.464 e. The minimum absolute atomic E-state index is 0.106. The quantitative estimate of drug-likeness (QED) is 0.408. The molecular formula is C24H32N2O4. The van der Waals surface area contributed by atoms with E-state index in [1.54, 1.807) is 4.90 Å². The first kappa shape index (κ1) is 22.3. The molecule has 0 N–H and O–H groups in total. The number of carbonyl (C=O) groups excluding carboxylic acids is 2. The molecule has 0 radical (unpaired) electrons. The molecule has 1 aromatic carbocycles. The van der Waals surface area contributed by atoms with Crippen LogP contribution in [0.4, 0.5) is 0 Å². The van der Waals surface area contributed by atoms with Crippen molar-refractivity contribution in [3.8, 4) is 11.8 Å². The summed E-state index contributed by atoms with van der Waals surface area (Å²) in [5, 5.41) is 0. The number of morpholine rings is 1. The Bertz CT molecular complexity index is 760. The second-order valence-electron chi connectivity index (χ2n) is 7.84. The molecule has 0 spiro atoms. The molecule has 162 valence electrons. The molecule has 0 bridgehead atoms. The molecule has 30 heavy (non-hydrogen) atoms. The van der Waals surface area contributed by atoms with Crippen molar-refractivity contribution in [1.82, 2.24) is 9.80 Å². The lowest BCUT2D eigenvalue weighted by Crippen LogP contribution is -2.42. The van der Waals surface area contributed by atoms with E-state index in [4.69, 9.17) is 9.47 Å². The normalized spacial score (nSPS) is 19.6. The van der Waals surface area contributed by atoms with Gasteiger partial charge in [0, 0.05) is 51.1 Å². The largest absolute Gasteiger partial charge is 0.464 e. The topological polar surface area (TPSA) is 59.1 Å². The van der Waals surface area contributed by atoms with Crippen LogP contribution in [0.5, 0.6) is 0 Å². The van der Waals surface area contributed by atoms with E-state index in [1.165, 1.54) is 5.56 Å². The fourth-order valence-electron chi connectivity index (χ4n) is 3.82. The van der Waals surface area contributed by atoms with Gasteiger partial charge in [0.2, 0.25) is 5.91 Å². The number of nitrogens with zero attached hydrogens (tertiary/aromatic N) is 2. The van der Waals surface area contributed by atoms with Crippen LogP contribution in [0.2, 0.25) is 0 Å². The fraction of sp³-hybridized carbons (Fsp3) is 0.583. The summed E-state index contributed by atoms with van der Waals surface area (Å²) in [5.41, 5.74) is 2.24. The van der Waals surface area contributed by atoms with Gasteiger partial charge in [0.1, 0.15) is 6.61 Å². The van der Waals surface area contributed by atoms with Crippen molar-refractivity contribution in [2.75, 3.05) is 46.0 Å². The second kappa shape index (κ2) is 11.7. The van der Waals surface area contributed by atoms with E-state index in [9.17, 15) is 9.59 Å². The lowest BCUT2D eigenvalue weighted by atomic mass is 9.98. The smallest absolute Gasteiger partial charge is 0.310 e. The van der Waals surface area contributed by atoms with E-state index >= 15 is 0 Å². The summed E-state index contributed by atoms with van der Waals surface area (Å²) in [5.74, 6) is 5.90. The lowest BCUT2D eigenvalue weighted by molar-refractivity contribution is -0.151. The van der Waals surface area contributed by atoms with E-state index in [-0.39, 0.29) is 17.8 Å². The van der Waals surface area contributed by atoms with Crippen molar-refractivity contribution in [2.45, 2.75) is 39.2 Å². The van der Waals surface area contributed by atoms with E-state index in [2.05, 4.69) is 28.9 Å². The highest BCUT2D eigenvalue weighted by Gasteiger charge is 2.28. The zero-order chi connectivity index (χ0) is 21.2. The van der Waals surface area contributed by atoms with Gasteiger partial charge in [-0.05, 0) is 30.5 Å². The molecule has 2 aliphatic rings. The maximum Gasteiger partial charge on any atom is 0.310 e. The summed E-state index contributed by atoms with van der Waals surface area (Å²) in [6, 6.07) is 8.31. The standard InChI is InChI=1S/C24H32N2O4/c1-2-23(27)26-12-5-7-22(19-26)24(28)30-15-4-3-6-20-8-10-21(11-9-20)18-25-13-16-29-17-14-25/h8-11,22H,2,4-5,7,12-19H2,1H3/t22-/m0/s1. The van der Waals surface area contributed by atoms with Crippen LogP contribution < -0.4 is 0 Å². The Labute approximate surface area is 179 Å². The van der Waals surface area contributed by atoms with Gasteiger partial charge in [0.25, 0.3) is 0 Å². The van der Waals surface area contributed by atoms with Crippen LogP contribution in [0.25, 0.3) is 0 Å². The van der Waals surface area contributed by atoms with Crippen LogP contribution in [0.15, 0.2) is 24.3 Å². The van der Waals surface area contributed by atoms with Gasteiger partial charge < -0.3 is 14.4 Å². The van der Waals surface area contributed by atoms with Crippen LogP contribution in [0, 0.1) is 17.8 Å². The summed E-state index contributed by atoms with van der Waals surface area (Å²) in [4.78, 5) is 28.3. The predicted octanol–water partition coefficient (Wildman–Crippen LogP) is 2.45. The molecule has 1 atom stereocenters. The summed E-state index contributed by atoms with van der Waals surface area (Å²) >= 11 is 0. The molecule has 2 saturated heterocycles. The zero-order valence-electron chi connectivity index (χ0n) is 17.9. The number of likely N-dealkylation sites (tertiary alicyclic amines) is 1. The Hall–Kier alpha value is -2.36. The Balaban J connectivity index is 1.37. The Kier molecular flexibility index (Phi) is 8.73. The predicted molar refractivity (Wildman–Crippen MR) is 115 cm³/mol.